The molecule has 1 amide bonds. The maximum atomic E-state index is 13.2. The van der Waals surface area contributed by atoms with Crippen LogP contribution >= 0.6 is 0 Å². The Morgan fingerprint density at radius 3 is 2.53 bits per heavy atom. The number of ether oxygens (including phenoxy) is 3. The fourth-order valence-corrected chi connectivity index (χ4v) is 4.03. The molecule has 4 rings (SSSR count). The van der Waals surface area contributed by atoms with Crippen LogP contribution in [-0.4, -0.2) is 48.9 Å². The average Bonchev–Trinajstić information content (AvgIpc) is 3.33. The molecule has 1 atom stereocenters. The summed E-state index contributed by atoms with van der Waals surface area (Å²) in [6.07, 6.45) is 0.849. The first kappa shape index (κ1) is 19.8. The zero-order valence-corrected chi connectivity index (χ0v) is 17.6. The van der Waals surface area contributed by atoms with Gasteiger partial charge in [-0.05, 0) is 36.2 Å². The van der Waals surface area contributed by atoms with Gasteiger partial charge in [0.1, 0.15) is 11.4 Å². The van der Waals surface area contributed by atoms with Crippen molar-refractivity contribution >= 4 is 5.91 Å². The van der Waals surface area contributed by atoms with E-state index in [9.17, 15) is 4.79 Å². The van der Waals surface area contributed by atoms with Crippen LogP contribution in [0.25, 0.3) is 11.3 Å². The Morgan fingerprint density at radius 1 is 1.03 bits per heavy atom. The third-order valence-corrected chi connectivity index (χ3v) is 5.39. The predicted octanol–water partition coefficient (Wildman–Crippen LogP) is 4.06. The van der Waals surface area contributed by atoms with Gasteiger partial charge < -0.3 is 19.1 Å². The lowest BCUT2D eigenvalue weighted by Gasteiger charge is -2.26. The summed E-state index contributed by atoms with van der Waals surface area (Å²) < 4.78 is 16.3. The first-order valence-corrected chi connectivity index (χ1v) is 9.88. The monoisotopic (exact) mass is 407 g/mol. The van der Waals surface area contributed by atoms with Crippen LogP contribution in [0.5, 0.6) is 17.2 Å². The van der Waals surface area contributed by atoms with E-state index in [4.69, 9.17) is 14.2 Å². The predicted molar refractivity (Wildman–Crippen MR) is 113 cm³/mol. The number of aromatic amines is 1. The van der Waals surface area contributed by atoms with Gasteiger partial charge in [0.05, 0.1) is 33.1 Å². The molecule has 2 heterocycles. The highest BCUT2D eigenvalue weighted by molar-refractivity contribution is 6.00. The van der Waals surface area contributed by atoms with Gasteiger partial charge in [0.15, 0.2) is 11.5 Å². The van der Waals surface area contributed by atoms with E-state index in [0.29, 0.717) is 23.7 Å². The Morgan fingerprint density at radius 2 is 1.83 bits per heavy atom. The highest BCUT2D eigenvalue weighted by Gasteiger charge is 2.42. The molecule has 0 bridgehead atoms. The minimum atomic E-state index is -0.271. The summed E-state index contributed by atoms with van der Waals surface area (Å²) in [7, 11) is 4.85. The van der Waals surface area contributed by atoms with Crippen molar-refractivity contribution in [2.75, 3.05) is 27.9 Å². The molecule has 7 nitrogen and oxygen atoms in total. The fourth-order valence-electron chi connectivity index (χ4n) is 4.03. The van der Waals surface area contributed by atoms with E-state index >= 15 is 0 Å². The van der Waals surface area contributed by atoms with Gasteiger partial charge in [-0.15, -0.1) is 0 Å². The Labute approximate surface area is 175 Å². The van der Waals surface area contributed by atoms with Gasteiger partial charge in [-0.25, -0.2) is 0 Å². The number of nitrogens with zero attached hydrogens (tertiary/aromatic N) is 2. The zero-order chi connectivity index (χ0) is 21.3. The standard InChI is InChI=1S/C23H25N3O4/c1-5-11-26-22(15-9-10-17(29-3)18(13-15)30-4)19-20(24-25-21(19)23(26)27)14-7-6-8-16(12-14)28-2/h6-10,12-13,22H,5,11H2,1-4H3,(H,24,25). The summed E-state index contributed by atoms with van der Waals surface area (Å²) in [5.41, 5.74) is 3.98. The molecule has 1 unspecified atom stereocenters. The van der Waals surface area contributed by atoms with Crippen LogP contribution in [0.15, 0.2) is 42.5 Å². The second kappa shape index (κ2) is 8.10. The molecule has 156 valence electrons. The second-order valence-corrected chi connectivity index (χ2v) is 7.11. The maximum absolute atomic E-state index is 13.2. The third-order valence-electron chi connectivity index (χ3n) is 5.39. The molecule has 7 heteroatoms. The number of carbonyl (C=O) groups excluding carboxylic acids is 1. The van der Waals surface area contributed by atoms with E-state index in [1.54, 1.807) is 21.3 Å². The number of hydrogen-bond acceptors (Lipinski definition) is 5. The molecule has 0 fully saturated rings. The van der Waals surface area contributed by atoms with Crippen molar-refractivity contribution < 1.29 is 19.0 Å². The number of hydrogen-bond donors (Lipinski definition) is 1. The number of rotatable bonds is 7. The van der Waals surface area contributed by atoms with Crippen LogP contribution in [0.2, 0.25) is 0 Å². The Bertz CT molecular complexity index is 1080. The summed E-state index contributed by atoms with van der Waals surface area (Å²) in [5.74, 6) is 1.96. The number of amides is 1. The molecule has 0 radical (unpaired) electrons. The molecule has 1 N–H and O–H groups in total. The minimum absolute atomic E-state index is 0.0479. The van der Waals surface area contributed by atoms with Crippen molar-refractivity contribution in [3.8, 4) is 28.5 Å². The van der Waals surface area contributed by atoms with Crippen LogP contribution in [0.1, 0.15) is 41.0 Å². The fraction of sp³-hybridized carbons (Fsp3) is 0.304. The third kappa shape index (κ3) is 3.16. The van der Waals surface area contributed by atoms with E-state index in [1.807, 2.05) is 47.4 Å². The van der Waals surface area contributed by atoms with Crippen LogP contribution in [0, 0.1) is 0 Å². The van der Waals surface area contributed by atoms with Crippen molar-refractivity contribution in [2.45, 2.75) is 19.4 Å². The number of carbonyl (C=O) groups is 1. The van der Waals surface area contributed by atoms with Crippen LogP contribution in [0.4, 0.5) is 0 Å². The molecule has 1 aromatic heterocycles. The molecule has 0 spiro atoms. The van der Waals surface area contributed by atoms with Crippen molar-refractivity contribution in [2.24, 2.45) is 0 Å². The van der Waals surface area contributed by atoms with Gasteiger partial charge in [-0.3, -0.25) is 9.89 Å². The summed E-state index contributed by atoms with van der Waals surface area (Å²) >= 11 is 0. The summed E-state index contributed by atoms with van der Waals surface area (Å²) in [5, 5.41) is 7.47. The number of methoxy groups -OCH3 is 3. The van der Waals surface area contributed by atoms with Gasteiger partial charge >= 0.3 is 0 Å². The first-order chi connectivity index (χ1) is 14.6. The lowest BCUT2D eigenvalue weighted by Crippen LogP contribution is -2.30. The van der Waals surface area contributed by atoms with Gasteiger partial charge in [0, 0.05) is 17.7 Å². The smallest absolute Gasteiger partial charge is 0.273 e. The maximum Gasteiger partial charge on any atom is 0.273 e. The topological polar surface area (TPSA) is 76.7 Å². The van der Waals surface area contributed by atoms with Crippen molar-refractivity contribution in [3.63, 3.8) is 0 Å². The largest absolute Gasteiger partial charge is 0.497 e. The van der Waals surface area contributed by atoms with Gasteiger partial charge in [-0.1, -0.05) is 25.1 Å². The molecule has 0 saturated heterocycles. The van der Waals surface area contributed by atoms with Crippen LogP contribution < -0.4 is 14.2 Å². The molecule has 1 aliphatic rings. The Hall–Kier alpha value is -3.48. The summed E-state index contributed by atoms with van der Waals surface area (Å²) in [4.78, 5) is 15.1. The quantitative estimate of drug-likeness (QED) is 0.639. The lowest BCUT2D eigenvalue weighted by atomic mass is 9.95. The van der Waals surface area contributed by atoms with E-state index in [0.717, 1.165) is 34.6 Å². The molecule has 1 aliphatic heterocycles. The second-order valence-electron chi connectivity index (χ2n) is 7.11. The molecule has 3 aromatic rings. The highest BCUT2D eigenvalue weighted by Crippen LogP contribution is 2.44. The number of aromatic nitrogens is 2. The van der Waals surface area contributed by atoms with E-state index < -0.39 is 0 Å². The molecule has 2 aromatic carbocycles. The van der Waals surface area contributed by atoms with Gasteiger partial charge in [0.25, 0.3) is 5.91 Å². The highest BCUT2D eigenvalue weighted by atomic mass is 16.5. The van der Waals surface area contributed by atoms with Gasteiger partial charge in [0.2, 0.25) is 0 Å². The molecule has 0 aliphatic carbocycles. The lowest BCUT2D eigenvalue weighted by molar-refractivity contribution is 0.0743. The Balaban J connectivity index is 1.88. The van der Waals surface area contributed by atoms with Crippen LogP contribution in [0.3, 0.4) is 0 Å². The zero-order valence-electron chi connectivity index (χ0n) is 17.6. The van der Waals surface area contributed by atoms with E-state index in [1.165, 1.54) is 0 Å². The van der Waals surface area contributed by atoms with Crippen molar-refractivity contribution in [1.29, 1.82) is 0 Å². The number of H-pyrrole nitrogens is 1. The minimum Gasteiger partial charge on any atom is -0.497 e. The normalized spacial score (nSPS) is 15.3. The molecular formula is C23H25N3O4. The van der Waals surface area contributed by atoms with E-state index in [2.05, 4.69) is 17.1 Å². The van der Waals surface area contributed by atoms with E-state index in [-0.39, 0.29) is 11.9 Å². The number of nitrogens with one attached hydrogen (secondary N) is 1. The molecular weight excluding hydrogens is 382 g/mol. The SMILES string of the molecule is CCCN1C(=O)c2[nH]nc(-c3cccc(OC)c3)c2C1c1ccc(OC)c(OC)c1. The van der Waals surface area contributed by atoms with Crippen LogP contribution in [-0.2, 0) is 0 Å². The average molecular weight is 407 g/mol. The first-order valence-electron chi connectivity index (χ1n) is 9.88. The molecule has 30 heavy (non-hydrogen) atoms. The van der Waals surface area contributed by atoms with Crippen molar-refractivity contribution in [1.82, 2.24) is 15.1 Å². The summed E-state index contributed by atoms with van der Waals surface area (Å²) in [6, 6.07) is 13.2. The van der Waals surface area contributed by atoms with Gasteiger partial charge in [-0.2, -0.15) is 5.10 Å². The number of benzene rings is 2. The summed E-state index contributed by atoms with van der Waals surface area (Å²) in [6.45, 7) is 2.70. The Kier molecular flexibility index (Phi) is 5.35. The number of fused-ring (bicyclic) bond motifs is 1. The molecule has 0 saturated carbocycles. The van der Waals surface area contributed by atoms with Crippen molar-refractivity contribution in [3.05, 3.63) is 59.3 Å².